The number of esters is 1. The summed E-state index contributed by atoms with van der Waals surface area (Å²) in [6.45, 7) is 5.48. The van der Waals surface area contributed by atoms with Crippen LogP contribution < -0.4 is 16.0 Å². The normalized spacial score (nSPS) is 17.9. The largest absolute Gasteiger partial charge is 0.452 e. The summed E-state index contributed by atoms with van der Waals surface area (Å²) in [5.74, 6) is -2.64. The summed E-state index contributed by atoms with van der Waals surface area (Å²) in [6.07, 6.45) is -1.15. The number of nitrogens with one attached hydrogen (secondary N) is 1. The summed E-state index contributed by atoms with van der Waals surface area (Å²) in [7, 11) is 0. The minimum atomic E-state index is -1.15. The molecule has 4 amide bonds. The maximum atomic E-state index is 12.4. The molecule has 2 atom stereocenters. The summed E-state index contributed by atoms with van der Waals surface area (Å²) < 4.78 is 5.27. The van der Waals surface area contributed by atoms with E-state index in [1.165, 1.54) is 4.90 Å². The van der Waals surface area contributed by atoms with E-state index in [2.05, 4.69) is 0 Å². The Morgan fingerprint density at radius 2 is 1.85 bits per heavy atom. The molecule has 1 aliphatic heterocycles. The number of nitrogens with zero attached hydrogens (tertiary/aromatic N) is 1. The van der Waals surface area contributed by atoms with Gasteiger partial charge in [0.05, 0.1) is 5.92 Å². The number of imide groups is 1. The fourth-order valence-electron chi connectivity index (χ4n) is 2.75. The summed E-state index contributed by atoms with van der Waals surface area (Å²) in [6, 6.07) is 6.39. The molecule has 0 aliphatic carbocycles. The number of hydrogen-bond acceptors (Lipinski definition) is 5. The molecule has 1 aromatic carbocycles. The number of ether oxygens (including phenoxy) is 1. The van der Waals surface area contributed by atoms with E-state index in [-0.39, 0.29) is 24.8 Å². The summed E-state index contributed by atoms with van der Waals surface area (Å²) in [5, 5.41) is 1.91. The molecule has 1 saturated heterocycles. The highest BCUT2D eigenvalue weighted by Crippen LogP contribution is 2.26. The van der Waals surface area contributed by atoms with Gasteiger partial charge < -0.3 is 15.4 Å². The Bertz CT molecular complexity index is 714. The predicted molar refractivity (Wildman–Crippen MR) is 94.1 cm³/mol. The smallest absolute Gasteiger partial charge is 0.318 e. The molecule has 140 valence electrons. The van der Waals surface area contributed by atoms with Crippen LogP contribution in [0.25, 0.3) is 0 Å². The number of primary amides is 1. The van der Waals surface area contributed by atoms with Gasteiger partial charge in [0.25, 0.3) is 5.91 Å². The van der Waals surface area contributed by atoms with Crippen molar-refractivity contribution in [2.24, 2.45) is 17.6 Å². The number of hydrogen-bond donors (Lipinski definition) is 2. The molecule has 0 bridgehead atoms. The van der Waals surface area contributed by atoms with Gasteiger partial charge >= 0.3 is 12.0 Å². The number of rotatable bonds is 5. The predicted octanol–water partition coefficient (Wildman–Crippen LogP) is 1.11. The van der Waals surface area contributed by atoms with E-state index < -0.39 is 29.9 Å². The van der Waals surface area contributed by atoms with Crippen LogP contribution in [0.15, 0.2) is 24.3 Å². The van der Waals surface area contributed by atoms with E-state index in [1.807, 2.05) is 36.5 Å². The lowest BCUT2D eigenvalue weighted by Gasteiger charge is -2.22. The lowest BCUT2D eigenvalue weighted by Crippen LogP contribution is -2.46. The molecule has 0 aromatic heterocycles. The van der Waals surface area contributed by atoms with Crippen molar-refractivity contribution < 1.29 is 23.9 Å². The van der Waals surface area contributed by atoms with Crippen molar-refractivity contribution in [2.45, 2.75) is 33.3 Å². The van der Waals surface area contributed by atoms with Crippen LogP contribution in [0.5, 0.6) is 0 Å². The van der Waals surface area contributed by atoms with Crippen LogP contribution in [-0.2, 0) is 19.1 Å². The highest BCUT2D eigenvalue weighted by molar-refractivity contribution is 6.00. The minimum absolute atomic E-state index is 0.00889. The monoisotopic (exact) mass is 361 g/mol. The molecule has 0 unspecified atom stereocenters. The van der Waals surface area contributed by atoms with E-state index in [1.54, 1.807) is 13.8 Å². The van der Waals surface area contributed by atoms with Crippen LogP contribution in [0.3, 0.4) is 0 Å². The number of carbonyl (C=O) groups excluding carboxylic acids is 4. The number of amides is 4. The van der Waals surface area contributed by atoms with Crippen LogP contribution in [-0.4, -0.2) is 36.5 Å². The van der Waals surface area contributed by atoms with Crippen LogP contribution >= 0.6 is 0 Å². The molecular weight excluding hydrogens is 338 g/mol. The third-order valence-electron chi connectivity index (χ3n) is 4.16. The highest BCUT2D eigenvalue weighted by atomic mass is 16.5. The molecule has 2 rings (SSSR count). The Morgan fingerprint density at radius 3 is 2.38 bits per heavy atom. The number of nitrogens with two attached hydrogens (primary N) is 1. The number of anilines is 1. The third kappa shape index (κ3) is 4.59. The Labute approximate surface area is 151 Å². The molecule has 3 N–H and O–H groups in total. The van der Waals surface area contributed by atoms with Gasteiger partial charge in [-0.2, -0.15) is 0 Å². The van der Waals surface area contributed by atoms with Gasteiger partial charge in [0.15, 0.2) is 6.10 Å². The molecule has 8 heteroatoms. The maximum Gasteiger partial charge on any atom is 0.318 e. The SMILES string of the molecule is Cc1ccc(N2C[C@@H](C(=O)O[C@H](C(=O)NC(N)=O)C(C)C)CC2=O)cc1. The van der Waals surface area contributed by atoms with E-state index >= 15 is 0 Å². The molecule has 0 radical (unpaired) electrons. The molecular formula is C18H23N3O5. The maximum absolute atomic E-state index is 12.4. The van der Waals surface area contributed by atoms with Crippen molar-refractivity contribution in [1.82, 2.24) is 5.32 Å². The topological polar surface area (TPSA) is 119 Å². The first-order valence-electron chi connectivity index (χ1n) is 8.37. The molecule has 0 spiro atoms. The van der Waals surface area contributed by atoms with Crippen molar-refractivity contribution >= 4 is 29.5 Å². The van der Waals surface area contributed by atoms with Crippen LogP contribution in [0.4, 0.5) is 10.5 Å². The number of urea groups is 1. The standard InChI is InChI=1S/C18H23N3O5/c1-10(2)15(16(23)20-18(19)25)26-17(24)12-8-14(22)21(9-12)13-6-4-11(3)5-7-13/h4-7,10,12,15H,8-9H2,1-3H3,(H3,19,20,23,25)/t12-,15-/m0/s1. The van der Waals surface area contributed by atoms with Gasteiger partial charge in [-0.25, -0.2) is 4.79 Å². The van der Waals surface area contributed by atoms with E-state index in [4.69, 9.17) is 10.5 Å². The first kappa shape index (κ1) is 19.4. The summed E-state index contributed by atoms with van der Waals surface area (Å²) >= 11 is 0. The van der Waals surface area contributed by atoms with Crippen LogP contribution in [0.2, 0.25) is 0 Å². The van der Waals surface area contributed by atoms with Gasteiger partial charge in [-0.3, -0.25) is 19.7 Å². The molecule has 1 aliphatic rings. The Hall–Kier alpha value is -2.90. The third-order valence-corrected chi connectivity index (χ3v) is 4.16. The second kappa shape index (κ2) is 7.99. The van der Waals surface area contributed by atoms with Gasteiger partial charge in [0.1, 0.15) is 0 Å². The van der Waals surface area contributed by atoms with Crippen LogP contribution in [0.1, 0.15) is 25.8 Å². The first-order valence-corrected chi connectivity index (χ1v) is 8.37. The average Bonchev–Trinajstić information content (AvgIpc) is 2.94. The summed E-state index contributed by atoms with van der Waals surface area (Å²) in [5.41, 5.74) is 6.71. The molecule has 1 heterocycles. The quantitative estimate of drug-likeness (QED) is 0.762. The number of aryl methyl sites for hydroxylation is 1. The van der Waals surface area contributed by atoms with Gasteiger partial charge in [-0.15, -0.1) is 0 Å². The van der Waals surface area contributed by atoms with E-state index in [0.29, 0.717) is 5.69 Å². The lowest BCUT2D eigenvalue weighted by atomic mass is 10.1. The van der Waals surface area contributed by atoms with Crippen molar-refractivity contribution in [1.29, 1.82) is 0 Å². The Morgan fingerprint density at radius 1 is 1.23 bits per heavy atom. The zero-order valence-electron chi connectivity index (χ0n) is 15.0. The number of benzene rings is 1. The molecule has 1 aromatic rings. The second-order valence-electron chi connectivity index (χ2n) is 6.70. The molecule has 8 nitrogen and oxygen atoms in total. The average molecular weight is 361 g/mol. The second-order valence-corrected chi connectivity index (χ2v) is 6.70. The lowest BCUT2D eigenvalue weighted by molar-refractivity contribution is -0.161. The molecule has 1 fully saturated rings. The van der Waals surface area contributed by atoms with Gasteiger partial charge in [-0.1, -0.05) is 31.5 Å². The van der Waals surface area contributed by atoms with Crippen molar-refractivity contribution in [2.75, 3.05) is 11.4 Å². The van der Waals surface area contributed by atoms with Crippen molar-refractivity contribution in [3.05, 3.63) is 29.8 Å². The summed E-state index contributed by atoms with van der Waals surface area (Å²) in [4.78, 5) is 49.0. The van der Waals surface area contributed by atoms with Gasteiger partial charge in [0, 0.05) is 18.7 Å². The van der Waals surface area contributed by atoms with E-state index in [0.717, 1.165) is 5.56 Å². The van der Waals surface area contributed by atoms with Gasteiger partial charge in [0.2, 0.25) is 5.91 Å². The minimum Gasteiger partial charge on any atom is -0.452 e. The zero-order chi connectivity index (χ0) is 19.4. The first-order chi connectivity index (χ1) is 12.2. The highest BCUT2D eigenvalue weighted by Gasteiger charge is 2.38. The fourth-order valence-corrected chi connectivity index (χ4v) is 2.75. The van der Waals surface area contributed by atoms with Crippen molar-refractivity contribution in [3.8, 4) is 0 Å². The number of carbonyl (C=O) groups is 4. The van der Waals surface area contributed by atoms with E-state index in [9.17, 15) is 19.2 Å². The zero-order valence-corrected chi connectivity index (χ0v) is 15.0. The Balaban J connectivity index is 2.05. The van der Waals surface area contributed by atoms with Crippen molar-refractivity contribution in [3.63, 3.8) is 0 Å². The Kier molecular flexibility index (Phi) is 5.97. The fraction of sp³-hybridized carbons (Fsp3) is 0.444. The van der Waals surface area contributed by atoms with Gasteiger partial charge in [-0.05, 0) is 25.0 Å². The molecule has 26 heavy (non-hydrogen) atoms. The molecule has 0 saturated carbocycles. The van der Waals surface area contributed by atoms with Crippen LogP contribution in [0, 0.1) is 18.8 Å².